The number of para-hydroxylation sites is 1. The number of ether oxygens (including phenoxy) is 1. The molecular weight excluding hydrogens is 368 g/mol. The van der Waals surface area contributed by atoms with Crippen molar-refractivity contribution in [1.82, 2.24) is 9.97 Å². The summed E-state index contributed by atoms with van der Waals surface area (Å²) in [4.78, 5) is 33.5. The number of carbonyl (C=O) groups excluding carboxylic acids is 2. The summed E-state index contributed by atoms with van der Waals surface area (Å²) in [6, 6.07) is 16.0. The standard InChI is InChI=1S/C22H22N4O3/c1-4-29-21(28)17-7-5-6-8-18(17)25-20(27)19-13-15(3)23-22(26-19)24-16-11-9-14(2)10-12-16/h5-13H,4H2,1-3H3,(H,25,27)(H,23,24,26). The third-order valence-corrected chi connectivity index (χ3v) is 4.07. The van der Waals surface area contributed by atoms with Crippen LogP contribution in [0.5, 0.6) is 0 Å². The van der Waals surface area contributed by atoms with Crippen LogP contribution in [0, 0.1) is 13.8 Å². The Hall–Kier alpha value is -3.74. The summed E-state index contributed by atoms with van der Waals surface area (Å²) in [5, 5.41) is 5.84. The summed E-state index contributed by atoms with van der Waals surface area (Å²) in [5.74, 6) is -0.624. The third kappa shape index (κ3) is 5.16. The van der Waals surface area contributed by atoms with Gasteiger partial charge in [0.25, 0.3) is 5.91 Å². The second-order valence-corrected chi connectivity index (χ2v) is 6.43. The van der Waals surface area contributed by atoms with Crippen LogP contribution in [0.15, 0.2) is 54.6 Å². The Morgan fingerprint density at radius 3 is 2.45 bits per heavy atom. The number of carbonyl (C=O) groups is 2. The van der Waals surface area contributed by atoms with Gasteiger partial charge in [-0.3, -0.25) is 4.79 Å². The molecule has 0 unspecified atom stereocenters. The lowest BCUT2D eigenvalue weighted by molar-refractivity contribution is 0.0527. The molecule has 1 amide bonds. The number of hydrogen-bond donors (Lipinski definition) is 2. The van der Waals surface area contributed by atoms with Crippen LogP contribution in [0.3, 0.4) is 0 Å². The fourth-order valence-corrected chi connectivity index (χ4v) is 2.67. The molecule has 7 heteroatoms. The van der Waals surface area contributed by atoms with Crippen LogP contribution in [0.1, 0.15) is 39.0 Å². The molecule has 3 aromatic rings. The molecule has 0 aliphatic carbocycles. The Morgan fingerprint density at radius 1 is 1.00 bits per heavy atom. The molecule has 0 atom stereocenters. The summed E-state index contributed by atoms with van der Waals surface area (Å²) in [6.07, 6.45) is 0. The van der Waals surface area contributed by atoms with Crippen molar-refractivity contribution in [3.05, 3.63) is 77.1 Å². The molecule has 1 aromatic heterocycles. The number of aromatic nitrogens is 2. The molecule has 0 aliphatic rings. The van der Waals surface area contributed by atoms with Crippen molar-refractivity contribution in [2.45, 2.75) is 20.8 Å². The first-order valence-corrected chi connectivity index (χ1v) is 9.23. The first-order valence-electron chi connectivity index (χ1n) is 9.23. The third-order valence-electron chi connectivity index (χ3n) is 4.07. The number of aryl methyl sites for hydroxylation is 2. The maximum Gasteiger partial charge on any atom is 0.340 e. The Labute approximate surface area is 169 Å². The molecule has 2 aromatic carbocycles. The minimum Gasteiger partial charge on any atom is -0.462 e. The number of nitrogens with zero attached hydrogens (tertiary/aromatic N) is 2. The highest BCUT2D eigenvalue weighted by Gasteiger charge is 2.16. The summed E-state index contributed by atoms with van der Waals surface area (Å²) >= 11 is 0. The smallest absolute Gasteiger partial charge is 0.340 e. The molecule has 0 fully saturated rings. The number of esters is 1. The van der Waals surface area contributed by atoms with Crippen LogP contribution >= 0.6 is 0 Å². The van der Waals surface area contributed by atoms with Gasteiger partial charge in [0.2, 0.25) is 5.95 Å². The zero-order chi connectivity index (χ0) is 20.8. The second-order valence-electron chi connectivity index (χ2n) is 6.43. The van der Waals surface area contributed by atoms with Crippen molar-refractivity contribution >= 4 is 29.2 Å². The molecule has 3 rings (SSSR count). The Morgan fingerprint density at radius 2 is 1.72 bits per heavy atom. The van der Waals surface area contributed by atoms with E-state index < -0.39 is 11.9 Å². The lowest BCUT2D eigenvalue weighted by atomic mass is 10.1. The number of amides is 1. The molecule has 7 nitrogen and oxygen atoms in total. The normalized spacial score (nSPS) is 10.3. The van der Waals surface area contributed by atoms with Gasteiger partial charge in [-0.25, -0.2) is 14.8 Å². The van der Waals surface area contributed by atoms with E-state index in [0.29, 0.717) is 17.3 Å². The van der Waals surface area contributed by atoms with E-state index in [-0.39, 0.29) is 17.9 Å². The fraction of sp³-hybridized carbons (Fsp3) is 0.182. The minimum atomic E-state index is -0.496. The van der Waals surface area contributed by atoms with Gasteiger partial charge in [-0.05, 0) is 51.1 Å². The summed E-state index contributed by atoms with van der Waals surface area (Å²) in [6.45, 7) is 5.76. The number of hydrogen-bond acceptors (Lipinski definition) is 6. The predicted octanol–water partition coefficient (Wildman–Crippen LogP) is 4.27. The molecule has 0 saturated carbocycles. The van der Waals surface area contributed by atoms with E-state index >= 15 is 0 Å². The molecule has 0 spiro atoms. The highest BCUT2D eigenvalue weighted by molar-refractivity contribution is 6.07. The van der Waals surface area contributed by atoms with Crippen molar-refractivity contribution < 1.29 is 14.3 Å². The lowest BCUT2D eigenvalue weighted by Gasteiger charge is -2.11. The van der Waals surface area contributed by atoms with Crippen molar-refractivity contribution in [2.75, 3.05) is 17.2 Å². The van der Waals surface area contributed by atoms with E-state index in [2.05, 4.69) is 20.6 Å². The van der Waals surface area contributed by atoms with E-state index in [1.807, 2.05) is 31.2 Å². The van der Waals surface area contributed by atoms with Gasteiger partial charge in [-0.1, -0.05) is 29.8 Å². The summed E-state index contributed by atoms with van der Waals surface area (Å²) in [7, 11) is 0. The van der Waals surface area contributed by atoms with Crippen LogP contribution in [0.25, 0.3) is 0 Å². The maximum absolute atomic E-state index is 12.8. The van der Waals surface area contributed by atoms with Gasteiger partial charge in [-0.15, -0.1) is 0 Å². The van der Waals surface area contributed by atoms with E-state index in [0.717, 1.165) is 11.3 Å². The minimum absolute atomic E-state index is 0.186. The van der Waals surface area contributed by atoms with Crippen molar-refractivity contribution in [2.24, 2.45) is 0 Å². The lowest BCUT2D eigenvalue weighted by Crippen LogP contribution is -2.18. The monoisotopic (exact) mass is 390 g/mol. The van der Waals surface area contributed by atoms with E-state index in [9.17, 15) is 9.59 Å². The van der Waals surface area contributed by atoms with E-state index in [4.69, 9.17) is 4.74 Å². The van der Waals surface area contributed by atoms with Crippen LogP contribution in [0.4, 0.5) is 17.3 Å². The molecule has 1 heterocycles. The average Bonchev–Trinajstić information content (AvgIpc) is 2.70. The molecule has 0 aliphatic heterocycles. The van der Waals surface area contributed by atoms with Gasteiger partial charge < -0.3 is 15.4 Å². The van der Waals surface area contributed by atoms with Gasteiger partial charge in [0, 0.05) is 11.4 Å². The Balaban J connectivity index is 1.82. The second kappa shape index (κ2) is 8.97. The number of nitrogens with one attached hydrogen (secondary N) is 2. The Kier molecular flexibility index (Phi) is 6.19. The van der Waals surface area contributed by atoms with Gasteiger partial charge >= 0.3 is 5.97 Å². The highest BCUT2D eigenvalue weighted by Crippen LogP contribution is 2.19. The van der Waals surface area contributed by atoms with Crippen LogP contribution in [0.2, 0.25) is 0 Å². The summed E-state index contributed by atoms with van der Waals surface area (Å²) in [5.41, 5.74) is 3.43. The zero-order valence-electron chi connectivity index (χ0n) is 16.5. The van der Waals surface area contributed by atoms with Gasteiger partial charge in [0.15, 0.2) is 0 Å². The van der Waals surface area contributed by atoms with Gasteiger partial charge in [-0.2, -0.15) is 0 Å². The molecule has 0 bridgehead atoms. The molecule has 29 heavy (non-hydrogen) atoms. The highest BCUT2D eigenvalue weighted by atomic mass is 16.5. The van der Waals surface area contributed by atoms with Crippen LogP contribution in [-0.4, -0.2) is 28.5 Å². The van der Waals surface area contributed by atoms with E-state index in [1.54, 1.807) is 44.2 Å². The molecule has 2 N–H and O–H groups in total. The first-order chi connectivity index (χ1) is 14.0. The molecule has 148 valence electrons. The van der Waals surface area contributed by atoms with Crippen LogP contribution in [-0.2, 0) is 4.74 Å². The van der Waals surface area contributed by atoms with E-state index in [1.165, 1.54) is 0 Å². The number of anilines is 3. The van der Waals surface area contributed by atoms with Gasteiger partial charge in [0.05, 0.1) is 17.9 Å². The molecule has 0 saturated heterocycles. The van der Waals surface area contributed by atoms with Crippen molar-refractivity contribution in [3.8, 4) is 0 Å². The topological polar surface area (TPSA) is 93.2 Å². The van der Waals surface area contributed by atoms with Crippen molar-refractivity contribution in [3.63, 3.8) is 0 Å². The quantitative estimate of drug-likeness (QED) is 0.611. The van der Waals surface area contributed by atoms with Crippen molar-refractivity contribution in [1.29, 1.82) is 0 Å². The first kappa shape index (κ1) is 20.0. The largest absolute Gasteiger partial charge is 0.462 e. The summed E-state index contributed by atoms with van der Waals surface area (Å²) < 4.78 is 5.04. The number of benzene rings is 2. The number of rotatable bonds is 6. The molecular formula is C22H22N4O3. The zero-order valence-corrected chi connectivity index (χ0v) is 16.5. The maximum atomic E-state index is 12.8. The van der Waals surface area contributed by atoms with Crippen LogP contribution < -0.4 is 10.6 Å². The Bertz CT molecular complexity index is 1030. The average molecular weight is 390 g/mol. The predicted molar refractivity (Wildman–Crippen MR) is 112 cm³/mol. The molecule has 0 radical (unpaired) electrons. The van der Waals surface area contributed by atoms with Gasteiger partial charge in [0.1, 0.15) is 5.69 Å². The SMILES string of the molecule is CCOC(=O)c1ccccc1NC(=O)c1cc(C)nc(Nc2ccc(C)cc2)n1. The fourth-order valence-electron chi connectivity index (χ4n) is 2.67.